The van der Waals surface area contributed by atoms with Crippen molar-refractivity contribution in [3.8, 4) is 5.75 Å². The highest BCUT2D eigenvalue weighted by Gasteiger charge is 2.14. The Morgan fingerprint density at radius 1 is 1.00 bits per heavy atom. The van der Waals surface area contributed by atoms with Gasteiger partial charge in [0.25, 0.3) is 0 Å². The molecule has 110 valence electrons. The second-order valence-electron chi connectivity index (χ2n) is 4.85. The van der Waals surface area contributed by atoms with Crippen LogP contribution in [-0.4, -0.2) is 23.8 Å². The fourth-order valence-electron chi connectivity index (χ4n) is 2.05. The number of rotatable bonds is 7. The van der Waals surface area contributed by atoms with E-state index in [1.165, 1.54) is 23.8 Å². The summed E-state index contributed by atoms with van der Waals surface area (Å²) in [5, 5.41) is 18.1. The van der Waals surface area contributed by atoms with E-state index in [0.717, 1.165) is 19.3 Å². The van der Waals surface area contributed by atoms with E-state index in [9.17, 15) is 4.39 Å². The van der Waals surface area contributed by atoms with Crippen LogP contribution >= 0.6 is 0 Å². The molecule has 0 aromatic heterocycles. The van der Waals surface area contributed by atoms with Gasteiger partial charge in [0.2, 0.25) is 0 Å². The Balaban J connectivity index is 1.77. The zero-order valence-electron chi connectivity index (χ0n) is 11.7. The Labute approximate surface area is 124 Å². The lowest BCUT2D eigenvalue weighted by molar-refractivity contribution is 0.292. The van der Waals surface area contributed by atoms with E-state index in [0.29, 0.717) is 6.61 Å². The lowest BCUT2D eigenvalue weighted by Gasteiger charge is -2.09. The summed E-state index contributed by atoms with van der Waals surface area (Å²) in [7, 11) is -1.62. The minimum absolute atomic E-state index is 0.0558. The normalized spacial score (nSPS) is 10.4. The molecule has 2 N–H and O–H groups in total. The van der Waals surface area contributed by atoms with Gasteiger partial charge in [-0.15, -0.1) is 0 Å². The predicted octanol–water partition coefficient (Wildman–Crippen LogP) is 1.91. The van der Waals surface area contributed by atoms with Gasteiger partial charge in [0.15, 0.2) is 11.6 Å². The molecule has 0 spiro atoms. The molecule has 0 aliphatic carbocycles. The van der Waals surface area contributed by atoms with E-state index >= 15 is 0 Å². The summed E-state index contributed by atoms with van der Waals surface area (Å²) in [6.45, 7) is 0.398. The van der Waals surface area contributed by atoms with Crippen molar-refractivity contribution in [2.24, 2.45) is 0 Å². The fraction of sp³-hybridized carbons (Fsp3) is 0.250. The Bertz CT molecular complexity index is 561. The predicted molar refractivity (Wildman–Crippen MR) is 81.1 cm³/mol. The van der Waals surface area contributed by atoms with Gasteiger partial charge in [-0.3, -0.25) is 0 Å². The van der Waals surface area contributed by atoms with Gasteiger partial charge in [-0.25, -0.2) is 4.39 Å². The van der Waals surface area contributed by atoms with Crippen LogP contribution in [0.4, 0.5) is 4.39 Å². The maximum absolute atomic E-state index is 13.5. The van der Waals surface area contributed by atoms with Crippen LogP contribution < -0.4 is 10.2 Å². The van der Waals surface area contributed by atoms with Crippen LogP contribution in [0.25, 0.3) is 0 Å². The molecule has 0 bridgehead atoms. The van der Waals surface area contributed by atoms with Crippen LogP contribution in [0.3, 0.4) is 0 Å². The number of benzene rings is 2. The van der Waals surface area contributed by atoms with Crippen LogP contribution in [0.1, 0.15) is 18.4 Å². The molecular weight excluding hydrogens is 270 g/mol. The van der Waals surface area contributed by atoms with Crippen LogP contribution in [0.15, 0.2) is 48.5 Å². The molecule has 0 saturated carbocycles. The number of hydrogen-bond donors (Lipinski definition) is 2. The quantitative estimate of drug-likeness (QED) is 0.604. The molecule has 0 amide bonds. The van der Waals surface area contributed by atoms with E-state index in [2.05, 4.69) is 12.1 Å². The van der Waals surface area contributed by atoms with Crippen molar-refractivity contribution >= 4 is 12.6 Å². The SMILES string of the molecule is OB(O)c1ccc(F)c(OCCCCc2ccccc2)c1. The number of ether oxygens (including phenoxy) is 1. The molecule has 0 radical (unpaired) electrons. The summed E-state index contributed by atoms with van der Waals surface area (Å²) < 4.78 is 18.9. The maximum Gasteiger partial charge on any atom is 0.488 e. The van der Waals surface area contributed by atoms with Gasteiger partial charge in [-0.1, -0.05) is 36.4 Å². The molecule has 0 unspecified atom stereocenters. The second kappa shape index (κ2) is 7.81. The van der Waals surface area contributed by atoms with Gasteiger partial charge in [-0.05, 0) is 42.4 Å². The zero-order chi connectivity index (χ0) is 15.1. The molecule has 5 heteroatoms. The van der Waals surface area contributed by atoms with E-state index in [-0.39, 0.29) is 11.2 Å². The summed E-state index contributed by atoms with van der Waals surface area (Å²) in [4.78, 5) is 0. The van der Waals surface area contributed by atoms with E-state index in [1.54, 1.807) is 0 Å². The Morgan fingerprint density at radius 3 is 2.48 bits per heavy atom. The lowest BCUT2D eigenvalue weighted by atomic mass is 9.80. The summed E-state index contributed by atoms with van der Waals surface area (Å²) in [6.07, 6.45) is 2.72. The number of hydrogen-bond acceptors (Lipinski definition) is 3. The smallest absolute Gasteiger partial charge is 0.488 e. The highest BCUT2D eigenvalue weighted by atomic mass is 19.1. The summed E-state index contributed by atoms with van der Waals surface area (Å²) in [5.74, 6) is -0.442. The van der Waals surface area contributed by atoms with Crippen molar-refractivity contribution in [2.75, 3.05) is 6.61 Å². The van der Waals surface area contributed by atoms with E-state index in [1.807, 2.05) is 18.2 Å². The topological polar surface area (TPSA) is 49.7 Å². The molecule has 3 nitrogen and oxygen atoms in total. The molecule has 0 saturated heterocycles. The Hall–Kier alpha value is -1.85. The Kier molecular flexibility index (Phi) is 5.78. The van der Waals surface area contributed by atoms with Crippen LogP contribution in [0.2, 0.25) is 0 Å². The summed E-state index contributed by atoms with van der Waals surface area (Å²) in [6, 6.07) is 14.0. The molecule has 2 rings (SSSR count). The molecule has 0 fully saturated rings. The van der Waals surface area contributed by atoms with E-state index < -0.39 is 12.9 Å². The van der Waals surface area contributed by atoms with Crippen molar-refractivity contribution in [1.29, 1.82) is 0 Å². The molecule has 0 aliphatic heterocycles. The Morgan fingerprint density at radius 2 is 1.76 bits per heavy atom. The number of aryl methyl sites for hydroxylation is 1. The molecule has 0 aliphatic rings. The largest absolute Gasteiger partial charge is 0.491 e. The second-order valence-corrected chi connectivity index (χ2v) is 4.85. The van der Waals surface area contributed by atoms with Gasteiger partial charge in [0.05, 0.1) is 6.61 Å². The third kappa shape index (κ3) is 4.88. The first kappa shape index (κ1) is 15.5. The maximum atomic E-state index is 13.5. The monoisotopic (exact) mass is 288 g/mol. The summed E-state index contributed by atoms with van der Waals surface area (Å²) >= 11 is 0. The standard InChI is InChI=1S/C16H18BFO3/c18-15-10-9-14(17(19)20)12-16(15)21-11-5-4-8-13-6-2-1-3-7-13/h1-3,6-7,9-10,12,19-20H,4-5,8,11H2. The van der Waals surface area contributed by atoms with Crippen molar-refractivity contribution in [3.63, 3.8) is 0 Å². The molecule has 0 heterocycles. The lowest BCUT2D eigenvalue weighted by Crippen LogP contribution is -2.29. The number of unbranched alkanes of at least 4 members (excludes halogenated alkanes) is 1. The van der Waals surface area contributed by atoms with Crippen molar-refractivity contribution < 1.29 is 19.2 Å². The third-order valence-corrected chi connectivity index (χ3v) is 3.21. The first-order valence-electron chi connectivity index (χ1n) is 6.99. The van der Waals surface area contributed by atoms with Crippen LogP contribution in [0.5, 0.6) is 5.75 Å². The van der Waals surface area contributed by atoms with Gasteiger partial charge in [-0.2, -0.15) is 0 Å². The van der Waals surface area contributed by atoms with Gasteiger partial charge >= 0.3 is 7.12 Å². The molecule has 2 aromatic rings. The average Bonchev–Trinajstić information content (AvgIpc) is 2.49. The highest BCUT2D eigenvalue weighted by Crippen LogP contribution is 2.15. The third-order valence-electron chi connectivity index (χ3n) is 3.21. The summed E-state index contributed by atoms with van der Waals surface area (Å²) in [5.41, 5.74) is 1.49. The van der Waals surface area contributed by atoms with Gasteiger partial charge in [0.1, 0.15) is 0 Å². The minimum atomic E-state index is -1.62. The molecule has 21 heavy (non-hydrogen) atoms. The van der Waals surface area contributed by atoms with Crippen molar-refractivity contribution in [1.82, 2.24) is 0 Å². The zero-order valence-corrected chi connectivity index (χ0v) is 11.7. The first-order valence-corrected chi connectivity index (χ1v) is 6.99. The van der Waals surface area contributed by atoms with Crippen LogP contribution in [-0.2, 0) is 6.42 Å². The van der Waals surface area contributed by atoms with Gasteiger partial charge in [0, 0.05) is 0 Å². The number of halogens is 1. The molecule has 0 atom stereocenters. The fourth-order valence-corrected chi connectivity index (χ4v) is 2.05. The van der Waals surface area contributed by atoms with Crippen molar-refractivity contribution in [2.45, 2.75) is 19.3 Å². The minimum Gasteiger partial charge on any atom is -0.491 e. The first-order chi connectivity index (χ1) is 10.2. The van der Waals surface area contributed by atoms with E-state index in [4.69, 9.17) is 14.8 Å². The highest BCUT2D eigenvalue weighted by molar-refractivity contribution is 6.58. The molecular formula is C16H18BFO3. The average molecular weight is 288 g/mol. The van der Waals surface area contributed by atoms with Crippen molar-refractivity contribution in [3.05, 3.63) is 59.9 Å². The van der Waals surface area contributed by atoms with Gasteiger partial charge < -0.3 is 14.8 Å². The molecule has 2 aromatic carbocycles. The van der Waals surface area contributed by atoms with Crippen LogP contribution in [0, 0.1) is 5.82 Å².